The van der Waals surface area contributed by atoms with E-state index < -0.39 is 0 Å². The van der Waals surface area contributed by atoms with E-state index in [1.165, 1.54) is 18.4 Å². The van der Waals surface area contributed by atoms with Crippen LogP contribution in [-0.4, -0.2) is 12.2 Å². The van der Waals surface area contributed by atoms with E-state index in [0.29, 0.717) is 12.2 Å². The molecule has 11 heavy (non-hydrogen) atoms. The van der Waals surface area contributed by atoms with Crippen LogP contribution in [0.2, 0.25) is 0 Å². The van der Waals surface area contributed by atoms with Gasteiger partial charge in [-0.3, -0.25) is 0 Å². The Morgan fingerprint density at radius 3 is 2.73 bits per heavy atom. The summed E-state index contributed by atoms with van der Waals surface area (Å²) in [4.78, 5) is 0. The van der Waals surface area contributed by atoms with Crippen molar-refractivity contribution in [1.82, 2.24) is 0 Å². The van der Waals surface area contributed by atoms with Crippen LogP contribution in [0.15, 0.2) is 11.6 Å². The maximum Gasteiger partial charge on any atom is 0.0786 e. The highest BCUT2D eigenvalue weighted by Crippen LogP contribution is 2.26. The van der Waals surface area contributed by atoms with Gasteiger partial charge in [-0.15, -0.1) is 0 Å². The van der Waals surface area contributed by atoms with Gasteiger partial charge in [-0.2, -0.15) is 0 Å². The minimum absolute atomic E-state index is 0.421. The molecular weight excluding hydrogens is 136 g/mol. The van der Waals surface area contributed by atoms with Crippen molar-refractivity contribution in [1.29, 1.82) is 0 Å². The van der Waals surface area contributed by atoms with Gasteiger partial charge in [-0.25, -0.2) is 0 Å². The number of allylic oxidation sites excluding steroid dienone is 1. The Balaban J connectivity index is 2.41. The molecule has 0 spiro atoms. The van der Waals surface area contributed by atoms with Crippen LogP contribution < -0.4 is 0 Å². The summed E-state index contributed by atoms with van der Waals surface area (Å²) >= 11 is 0. The number of hydrogen-bond donors (Lipinski definition) is 0. The van der Waals surface area contributed by atoms with Crippen LogP contribution >= 0.6 is 0 Å². The van der Waals surface area contributed by atoms with Gasteiger partial charge in [0.1, 0.15) is 0 Å². The zero-order chi connectivity index (χ0) is 8.27. The van der Waals surface area contributed by atoms with E-state index in [-0.39, 0.29) is 0 Å². The van der Waals surface area contributed by atoms with Crippen molar-refractivity contribution >= 4 is 0 Å². The lowest BCUT2D eigenvalue weighted by atomic mass is 10.1. The summed E-state index contributed by atoms with van der Waals surface area (Å²) in [5.74, 6) is 0. The molecular formula is C10H18O. The molecule has 0 aromatic carbocycles. The Morgan fingerprint density at radius 2 is 2.27 bits per heavy atom. The maximum absolute atomic E-state index is 5.79. The average Bonchev–Trinajstić information content (AvgIpc) is 2.50. The highest BCUT2D eigenvalue weighted by Gasteiger charge is 2.24. The molecule has 1 rings (SSSR count). The monoisotopic (exact) mass is 154 g/mol. The number of ether oxygens (including phenoxy) is 1. The Hall–Kier alpha value is -0.300. The van der Waals surface area contributed by atoms with Crippen LogP contribution in [-0.2, 0) is 4.74 Å². The first-order valence-corrected chi connectivity index (χ1v) is 4.56. The van der Waals surface area contributed by atoms with Gasteiger partial charge in [-0.1, -0.05) is 13.0 Å². The fraction of sp³-hybridized carbons (Fsp3) is 0.800. The predicted molar refractivity (Wildman–Crippen MR) is 47.6 cm³/mol. The number of rotatable bonds is 2. The average molecular weight is 154 g/mol. The molecule has 2 atom stereocenters. The van der Waals surface area contributed by atoms with Gasteiger partial charge in [0.25, 0.3) is 0 Å². The Kier molecular flexibility index (Phi) is 3.13. The number of hydrogen-bond acceptors (Lipinski definition) is 1. The fourth-order valence-electron chi connectivity index (χ4n) is 1.53. The molecule has 1 aliphatic rings. The molecule has 2 unspecified atom stereocenters. The quantitative estimate of drug-likeness (QED) is 0.556. The molecule has 1 heteroatoms. The van der Waals surface area contributed by atoms with Crippen LogP contribution in [0, 0.1) is 0 Å². The SMILES string of the molecule is CC=C(C)C1CCC(CC)O1. The predicted octanol–water partition coefficient (Wildman–Crippen LogP) is 2.91. The molecule has 0 radical (unpaired) electrons. The van der Waals surface area contributed by atoms with Gasteiger partial charge in [0.15, 0.2) is 0 Å². The second kappa shape index (κ2) is 3.91. The van der Waals surface area contributed by atoms with E-state index in [0.717, 1.165) is 6.42 Å². The third-order valence-corrected chi connectivity index (χ3v) is 2.53. The van der Waals surface area contributed by atoms with Crippen molar-refractivity contribution < 1.29 is 4.74 Å². The Morgan fingerprint density at radius 1 is 1.55 bits per heavy atom. The lowest BCUT2D eigenvalue weighted by Gasteiger charge is -2.12. The molecule has 0 amide bonds. The molecule has 1 heterocycles. The molecule has 0 bridgehead atoms. The molecule has 1 saturated heterocycles. The summed E-state index contributed by atoms with van der Waals surface area (Å²) in [5.41, 5.74) is 1.39. The summed E-state index contributed by atoms with van der Waals surface area (Å²) in [6, 6.07) is 0. The van der Waals surface area contributed by atoms with Crippen LogP contribution in [0.25, 0.3) is 0 Å². The van der Waals surface area contributed by atoms with E-state index in [4.69, 9.17) is 4.74 Å². The van der Waals surface area contributed by atoms with E-state index in [1.807, 2.05) is 0 Å². The fourth-order valence-corrected chi connectivity index (χ4v) is 1.53. The Labute approximate surface area is 69.4 Å². The molecule has 1 fully saturated rings. The summed E-state index contributed by atoms with van der Waals surface area (Å²) in [5, 5.41) is 0. The second-order valence-corrected chi connectivity index (χ2v) is 3.27. The smallest absolute Gasteiger partial charge is 0.0786 e. The molecule has 0 aromatic heterocycles. The van der Waals surface area contributed by atoms with Gasteiger partial charge in [0.05, 0.1) is 12.2 Å². The molecule has 1 nitrogen and oxygen atoms in total. The standard InChI is InChI=1S/C10H18O/c1-4-8(3)10-7-6-9(5-2)11-10/h4,9-10H,5-7H2,1-3H3. The molecule has 0 saturated carbocycles. The minimum atomic E-state index is 0.421. The molecule has 64 valence electrons. The lowest BCUT2D eigenvalue weighted by molar-refractivity contribution is 0.0629. The molecule has 0 aromatic rings. The van der Waals surface area contributed by atoms with Crippen molar-refractivity contribution in [2.75, 3.05) is 0 Å². The van der Waals surface area contributed by atoms with E-state index >= 15 is 0 Å². The van der Waals surface area contributed by atoms with Gasteiger partial charge >= 0.3 is 0 Å². The van der Waals surface area contributed by atoms with Crippen molar-refractivity contribution in [3.63, 3.8) is 0 Å². The third kappa shape index (κ3) is 2.06. The van der Waals surface area contributed by atoms with Crippen LogP contribution in [0.5, 0.6) is 0 Å². The van der Waals surface area contributed by atoms with Crippen LogP contribution in [0.3, 0.4) is 0 Å². The summed E-state index contributed by atoms with van der Waals surface area (Å²) in [6.07, 6.45) is 6.72. The van der Waals surface area contributed by atoms with E-state index in [9.17, 15) is 0 Å². The topological polar surface area (TPSA) is 9.23 Å². The van der Waals surface area contributed by atoms with Crippen molar-refractivity contribution in [2.45, 2.75) is 52.2 Å². The van der Waals surface area contributed by atoms with Crippen LogP contribution in [0.1, 0.15) is 40.0 Å². The molecule has 0 aliphatic carbocycles. The summed E-state index contributed by atoms with van der Waals surface area (Å²) < 4.78 is 5.79. The van der Waals surface area contributed by atoms with Crippen molar-refractivity contribution in [3.8, 4) is 0 Å². The summed E-state index contributed by atoms with van der Waals surface area (Å²) in [7, 11) is 0. The van der Waals surface area contributed by atoms with Gasteiger partial charge in [0.2, 0.25) is 0 Å². The normalized spacial score (nSPS) is 32.8. The third-order valence-electron chi connectivity index (χ3n) is 2.53. The molecule has 1 aliphatic heterocycles. The van der Waals surface area contributed by atoms with Crippen molar-refractivity contribution in [2.24, 2.45) is 0 Å². The zero-order valence-electron chi connectivity index (χ0n) is 7.76. The van der Waals surface area contributed by atoms with Crippen LogP contribution in [0.4, 0.5) is 0 Å². The van der Waals surface area contributed by atoms with Gasteiger partial charge < -0.3 is 4.74 Å². The second-order valence-electron chi connectivity index (χ2n) is 3.27. The van der Waals surface area contributed by atoms with E-state index in [2.05, 4.69) is 26.8 Å². The zero-order valence-corrected chi connectivity index (χ0v) is 7.76. The van der Waals surface area contributed by atoms with Gasteiger partial charge in [-0.05, 0) is 38.7 Å². The first kappa shape index (κ1) is 8.79. The van der Waals surface area contributed by atoms with Gasteiger partial charge in [0, 0.05) is 0 Å². The Bertz CT molecular complexity index is 149. The summed E-state index contributed by atoms with van der Waals surface area (Å²) in [6.45, 7) is 6.43. The molecule has 0 N–H and O–H groups in total. The largest absolute Gasteiger partial charge is 0.371 e. The first-order valence-electron chi connectivity index (χ1n) is 4.56. The van der Waals surface area contributed by atoms with Crippen molar-refractivity contribution in [3.05, 3.63) is 11.6 Å². The highest BCUT2D eigenvalue weighted by molar-refractivity contribution is 5.05. The lowest BCUT2D eigenvalue weighted by Crippen LogP contribution is -2.10. The maximum atomic E-state index is 5.79. The highest BCUT2D eigenvalue weighted by atomic mass is 16.5. The first-order chi connectivity index (χ1) is 5.27. The van der Waals surface area contributed by atoms with E-state index in [1.54, 1.807) is 0 Å². The minimum Gasteiger partial charge on any atom is -0.371 e.